The average molecular weight is 608 g/mol. The predicted molar refractivity (Wildman–Crippen MR) is 158 cm³/mol. The molecular weight excluding hydrogens is 570 g/mol. The summed E-state index contributed by atoms with van der Waals surface area (Å²) in [7, 11) is 0. The molecule has 13 nitrogen and oxygen atoms in total. The number of nitrogens with zero attached hydrogens (tertiary/aromatic N) is 3. The zero-order valence-electron chi connectivity index (χ0n) is 24.8. The van der Waals surface area contributed by atoms with Gasteiger partial charge >= 0.3 is 5.97 Å². The lowest BCUT2D eigenvalue weighted by Crippen LogP contribution is -2.59. The zero-order valence-corrected chi connectivity index (χ0v) is 24.8. The highest BCUT2D eigenvalue weighted by atomic mass is 16.5. The van der Waals surface area contributed by atoms with E-state index in [0.29, 0.717) is 11.3 Å². The molecule has 1 unspecified atom stereocenters. The maximum absolute atomic E-state index is 13.1. The van der Waals surface area contributed by atoms with Crippen molar-refractivity contribution in [3.8, 4) is 11.1 Å². The standard InChI is InChI=1S/C31H37N5O8/c1-5-18-6-8-19(9-7-18)20-10-12-21(13-11-20)29(41)33-31(3,4)25-16-36(35-34-25)15-23(39)27(40)28-26(32-17(2)37)22(38)14-24(44-28)30(42)43/h6-14,16,22-23,26-28,38-40H,5,15H2,1-4H3,(H,32,37)(H,33,41)(H,42,43)/t22-,23+,26+,27+,28?/m0/s1. The number of aromatic nitrogens is 3. The molecule has 0 fully saturated rings. The largest absolute Gasteiger partial charge is 0.478 e. The molecule has 234 valence electrons. The minimum Gasteiger partial charge on any atom is -0.478 e. The molecule has 1 aromatic heterocycles. The molecule has 3 aromatic rings. The number of aliphatic hydroxyl groups excluding tert-OH is 3. The number of carboxylic acid groups (broad SMARTS) is 1. The topological polar surface area (TPSA) is 196 Å². The first-order chi connectivity index (χ1) is 20.8. The number of hydrogen-bond donors (Lipinski definition) is 6. The lowest BCUT2D eigenvalue weighted by atomic mass is 9.93. The highest BCUT2D eigenvalue weighted by Gasteiger charge is 2.43. The van der Waals surface area contributed by atoms with Crippen LogP contribution in [-0.4, -0.2) is 83.7 Å². The summed E-state index contributed by atoms with van der Waals surface area (Å²) in [6.07, 6.45) is -2.93. The molecule has 0 spiro atoms. The van der Waals surface area contributed by atoms with E-state index in [-0.39, 0.29) is 12.5 Å². The molecule has 2 aromatic carbocycles. The second-order valence-corrected chi connectivity index (χ2v) is 11.2. The van der Waals surface area contributed by atoms with E-state index in [2.05, 4.69) is 40.0 Å². The molecule has 0 aliphatic carbocycles. The summed E-state index contributed by atoms with van der Waals surface area (Å²) in [4.78, 5) is 36.1. The van der Waals surface area contributed by atoms with E-state index in [0.717, 1.165) is 23.6 Å². The Morgan fingerprint density at radius 3 is 2.23 bits per heavy atom. The summed E-state index contributed by atoms with van der Waals surface area (Å²) in [5.41, 5.74) is 3.14. The van der Waals surface area contributed by atoms with Gasteiger partial charge in [-0.3, -0.25) is 9.59 Å². The Morgan fingerprint density at radius 2 is 1.66 bits per heavy atom. The van der Waals surface area contributed by atoms with E-state index in [1.807, 2.05) is 24.3 Å². The molecular formula is C31H37N5O8. The molecule has 13 heteroatoms. The fraction of sp³-hybridized carbons (Fsp3) is 0.387. The van der Waals surface area contributed by atoms with Crippen LogP contribution in [0, 0.1) is 0 Å². The lowest BCUT2D eigenvalue weighted by molar-refractivity contribution is -0.148. The molecule has 2 amide bonds. The van der Waals surface area contributed by atoms with Gasteiger partial charge in [0.25, 0.3) is 5.91 Å². The predicted octanol–water partition coefficient (Wildman–Crippen LogP) is 1.13. The van der Waals surface area contributed by atoms with Gasteiger partial charge in [0.05, 0.1) is 24.3 Å². The summed E-state index contributed by atoms with van der Waals surface area (Å²) in [6.45, 7) is 6.46. The van der Waals surface area contributed by atoms with Crippen molar-refractivity contribution in [3.05, 3.63) is 83.4 Å². The second kappa shape index (κ2) is 13.4. The number of benzene rings is 2. The quantitative estimate of drug-likeness (QED) is 0.184. The Morgan fingerprint density at radius 1 is 1.05 bits per heavy atom. The van der Waals surface area contributed by atoms with Gasteiger partial charge in [0.1, 0.15) is 24.0 Å². The van der Waals surface area contributed by atoms with Crippen molar-refractivity contribution >= 4 is 17.8 Å². The van der Waals surface area contributed by atoms with E-state index in [1.54, 1.807) is 26.0 Å². The van der Waals surface area contributed by atoms with Crippen molar-refractivity contribution in [3.63, 3.8) is 0 Å². The summed E-state index contributed by atoms with van der Waals surface area (Å²) in [5.74, 6) is -3.00. The van der Waals surface area contributed by atoms with Gasteiger partial charge in [-0.2, -0.15) is 0 Å². The minimum absolute atomic E-state index is 0.298. The molecule has 4 rings (SSSR count). The normalized spacial score (nSPS) is 19.7. The minimum atomic E-state index is -1.74. The fourth-order valence-electron chi connectivity index (χ4n) is 4.88. The van der Waals surface area contributed by atoms with Crippen molar-refractivity contribution in [1.29, 1.82) is 0 Å². The van der Waals surface area contributed by atoms with Gasteiger partial charge in [-0.15, -0.1) is 5.10 Å². The van der Waals surface area contributed by atoms with Crippen LogP contribution in [0.5, 0.6) is 0 Å². The number of aryl methyl sites for hydroxylation is 1. The Balaban J connectivity index is 1.41. The summed E-state index contributed by atoms with van der Waals surface area (Å²) in [6, 6.07) is 14.3. The molecule has 2 heterocycles. The molecule has 44 heavy (non-hydrogen) atoms. The van der Waals surface area contributed by atoms with Gasteiger partial charge in [0.15, 0.2) is 6.10 Å². The van der Waals surface area contributed by atoms with Crippen LogP contribution < -0.4 is 10.6 Å². The first-order valence-corrected chi connectivity index (χ1v) is 14.1. The Hall–Kier alpha value is -4.59. The first-order valence-electron chi connectivity index (χ1n) is 14.1. The van der Waals surface area contributed by atoms with Crippen LogP contribution in [0.4, 0.5) is 0 Å². The maximum atomic E-state index is 13.1. The van der Waals surface area contributed by atoms with Crippen LogP contribution >= 0.6 is 0 Å². The van der Waals surface area contributed by atoms with Gasteiger partial charge in [-0.1, -0.05) is 48.5 Å². The van der Waals surface area contributed by atoms with E-state index in [4.69, 9.17) is 4.74 Å². The molecule has 5 atom stereocenters. The van der Waals surface area contributed by atoms with Crippen LogP contribution in [0.15, 0.2) is 66.6 Å². The summed E-state index contributed by atoms with van der Waals surface area (Å²) in [5, 5.41) is 54.8. The van der Waals surface area contributed by atoms with E-state index in [1.165, 1.54) is 23.4 Å². The third-order valence-corrected chi connectivity index (χ3v) is 7.44. The smallest absolute Gasteiger partial charge is 0.370 e. The molecule has 1 aliphatic heterocycles. The van der Waals surface area contributed by atoms with Gasteiger partial charge in [-0.05, 0) is 55.2 Å². The number of aliphatic carboxylic acids is 1. The monoisotopic (exact) mass is 607 g/mol. The number of carboxylic acids is 1. The fourth-order valence-corrected chi connectivity index (χ4v) is 4.88. The van der Waals surface area contributed by atoms with Crippen molar-refractivity contribution in [2.45, 2.75) is 76.7 Å². The second-order valence-electron chi connectivity index (χ2n) is 11.2. The number of carbonyl (C=O) groups is 3. The zero-order chi connectivity index (χ0) is 32.2. The molecule has 0 radical (unpaired) electrons. The van der Waals surface area contributed by atoms with Crippen LogP contribution in [0.3, 0.4) is 0 Å². The first kappa shape index (κ1) is 32.3. The number of ether oxygens (including phenoxy) is 1. The number of amides is 2. The van der Waals surface area contributed by atoms with Crippen molar-refractivity contribution in [2.75, 3.05) is 0 Å². The average Bonchev–Trinajstić information content (AvgIpc) is 3.47. The highest BCUT2D eigenvalue weighted by Crippen LogP contribution is 2.25. The maximum Gasteiger partial charge on any atom is 0.370 e. The van der Waals surface area contributed by atoms with Crippen LogP contribution in [0.1, 0.15) is 49.3 Å². The lowest BCUT2D eigenvalue weighted by Gasteiger charge is -2.38. The SMILES string of the molecule is CCc1ccc(-c2ccc(C(=O)NC(C)(C)c3cn(C[C@@H](O)[C@@H](O)C4OC(C(=O)O)=C[C@H](O)[C@H]4NC(C)=O)nn3)cc2)cc1. The highest BCUT2D eigenvalue weighted by molar-refractivity contribution is 5.95. The number of hydrogen-bond acceptors (Lipinski definition) is 9. The van der Waals surface area contributed by atoms with Crippen molar-refractivity contribution < 1.29 is 39.5 Å². The number of aliphatic hydroxyl groups is 3. The molecule has 6 N–H and O–H groups in total. The van der Waals surface area contributed by atoms with E-state index >= 15 is 0 Å². The number of rotatable bonds is 11. The van der Waals surface area contributed by atoms with Gasteiger partial charge in [0, 0.05) is 12.5 Å². The third kappa shape index (κ3) is 7.48. The van der Waals surface area contributed by atoms with Gasteiger partial charge in [-0.25, -0.2) is 9.48 Å². The summed E-state index contributed by atoms with van der Waals surface area (Å²) >= 11 is 0. The van der Waals surface area contributed by atoms with E-state index in [9.17, 15) is 34.8 Å². The number of nitrogens with one attached hydrogen (secondary N) is 2. The van der Waals surface area contributed by atoms with Crippen molar-refractivity contribution in [2.24, 2.45) is 0 Å². The van der Waals surface area contributed by atoms with Crippen LogP contribution in [-0.2, 0) is 32.8 Å². The van der Waals surface area contributed by atoms with Crippen LogP contribution in [0.2, 0.25) is 0 Å². The Labute approximate surface area is 254 Å². The van der Waals surface area contributed by atoms with Gasteiger partial charge < -0.3 is 35.8 Å². The van der Waals surface area contributed by atoms with Crippen LogP contribution in [0.25, 0.3) is 11.1 Å². The Kier molecular flexibility index (Phi) is 9.82. The molecule has 0 saturated heterocycles. The van der Waals surface area contributed by atoms with Crippen molar-refractivity contribution in [1.82, 2.24) is 25.6 Å². The summed E-state index contributed by atoms with van der Waals surface area (Å²) < 4.78 is 6.57. The molecule has 1 aliphatic rings. The van der Waals surface area contributed by atoms with Gasteiger partial charge in [0.2, 0.25) is 11.7 Å². The molecule has 0 bridgehead atoms. The van der Waals surface area contributed by atoms with E-state index < -0.39 is 53.6 Å². The number of carbonyl (C=O) groups excluding carboxylic acids is 2. The third-order valence-electron chi connectivity index (χ3n) is 7.44. The Bertz CT molecular complexity index is 1520. The molecule has 0 saturated carbocycles.